The first-order chi connectivity index (χ1) is 11.5. The van der Waals surface area contributed by atoms with E-state index in [9.17, 15) is 18.0 Å². The molecule has 0 aliphatic rings. The molecule has 2 aromatic carbocycles. The van der Waals surface area contributed by atoms with Crippen molar-refractivity contribution in [3.05, 3.63) is 65.6 Å². The number of carbonyl (C=O) groups is 1. The summed E-state index contributed by atoms with van der Waals surface area (Å²) < 4.78 is 42.0. The van der Waals surface area contributed by atoms with Crippen LogP contribution in [-0.4, -0.2) is 20.9 Å². The van der Waals surface area contributed by atoms with Crippen LogP contribution in [0.15, 0.2) is 42.5 Å². The van der Waals surface area contributed by atoms with Crippen molar-refractivity contribution in [3.8, 4) is 16.9 Å². The van der Waals surface area contributed by atoms with E-state index in [-0.39, 0.29) is 17.0 Å². The molecule has 0 aliphatic carbocycles. The summed E-state index contributed by atoms with van der Waals surface area (Å²) in [7, 11) is 0. The largest absolute Gasteiger partial charge is 0.289 e. The highest BCUT2D eigenvalue weighted by Gasteiger charge is 2.25. The third-order valence-electron chi connectivity index (χ3n) is 3.29. The minimum absolute atomic E-state index is 0.110. The molecule has 3 rings (SSSR count). The summed E-state index contributed by atoms with van der Waals surface area (Å²) in [6.07, 6.45) is 0. The summed E-state index contributed by atoms with van der Waals surface area (Å²) in [6, 6.07) is 8.51. The van der Waals surface area contributed by atoms with Crippen LogP contribution < -0.4 is 11.3 Å². The summed E-state index contributed by atoms with van der Waals surface area (Å²) in [5, 5.41) is 7.44. The predicted octanol–water partition coefficient (Wildman–Crippen LogP) is 1.96. The number of hydrogen-bond donors (Lipinski definition) is 2. The highest BCUT2D eigenvalue weighted by Crippen LogP contribution is 2.28. The van der Waals surface area contributed by atoms with Gasteiger partial charge in [-0.25, -0.2) is 23.7 Å². The molecule has 0 unspecified atom stereocenters. The second kappa shape index (κ2) is 6.13. The highest BCUT2D eigenvalue weighted by atomic mass is 19.2. The fourth-order valence-electron chi connectivity index (χ4n) is 2.19. The van der Waals surface area contributed by atoms with Crippen LogP contribution in [0.25, 0.3) is 16.9 Å². The van der Waals surface area contributed by atoms with E-state index < -0.39 is 23.4 Å². The summed E-state index contributed by atoms with van der Waals surface area (Å²) in [5.41, 5.74) is 1.53. The number of halogens is 3. The van der Waals surface area contributed by atoms with Crippen LogP contribution in [0.1, 0.15) is 10.5 Å². The van der Waals surface area contributed by atoms with Gasteiger partial charge in [-0.05, 0) is 36.4 Å². The molecule has 0 aliphatic heterocycles. The average molecular weight is 333 g/mol. The van der Waals surface area contributed by atoms with Gasteiger partial charge in [0.25, 0.3) is 5.91 Å². The Labute approximate surface area is 133 Å². The molecule has 0 radical (unpaired) electrons. The maximum atomic E-state index is 14.2. The number of nitrogens with one attached hydrogen (secondary N) is 1. The molecule has 24 heavy (non-hydrogen) atoms. The fourth-order valence-corrected chi connectivity index (χ4v) is 2.19. The van der Waals surface area contributed by atoms with E-state index in [2.05, 4.69) is 10.3 Å². The quantitative estimate of drug-likeness (QED) is 0.436. The number of aromatic nitrogens is 3. The Morgan fingerprint density at radius 2 is 1.79 bits per heavy atom. The summed E-state index contributed by atoms with van der Waals surface area (Å²) >= 11 is 0. The first-order valence-electron chi connectivity index (χ1n) is 6.70. The van der Waals surface area contributed by atoms with Gasteiger partial charge in [0.2, 0.25) is 0 Å². The van der Waals surface area contributed by atoms with E-state index in [1.165, 1.54) is 24.3 Å². The van der Waals surface area contributed by atoms with Crippen LogP contribution in [0.5, 0.6) is 0 Å². The van der Waals surface area contributed by atoms with Gasteiger partial charge in [0.15, 0.2) is 17.3 Å². The standard InChI is InChI=1S/C15H10F3N5O/c16-8-4-6-9(7-5-8)23-14(13(21-22-23)15(24)20-19)10-2-1-3-11(17)12(10)18/h1-7H,19H2,(H,20,24). The third kappa shape index (κ3) is 2.61. The van der Waals surface area contributed by atoms with Crippen LogP contribution in [-0.2, 0) is 0 Å². The Morgan fingerprint density at radius 1 is 1.08 bits per heavy atom. The van der Waals surface area contributed by atoms with Crippen molar-refractivity contribution in [2.45, 2.75) is 0 Å². The number of benzene rings is 2. The molecule has 3 aromatic rings. The zero-order chi connectivity index (χ0) is 17.3. The molecule has 6 nitrogen and oxygen atoms in total. The van der Waals surface area contributed by atoms with E-state index in [0.29, 0.717) is 5.69 Å². The minimum atomic E-state index is -1.17. The molecular weight excluding hydrogens is 323 g/mol. The van der Waals surface area contributed by atoms with Gasteiger partial charge in [0.1, 0.15) is 11.5 Å². The molecule has 0 saturated heterocycles. The molecular formula is C15H10F3N5O. The zero-order valence-electron chi connectivity index (χ0n) is 12.0. The van der Waals surface area contributed by atoms with Gasteiger partial charge in [-0.1, -0.05) is 11.3 Å². The molecule has 122 valence electrons. The smallest absolute Gasteiger partial charge is 0.288 e. The molecule has 9 heteroatoms. The average Bonchev–Trinajstić information content (AvgIpc) is 3.02. The number of nitrogens with two attached hydrogens (primary N) is 1. The number of rotatable bonds is 3. The van der Waals surface area contributed by atoms with Crippen LogP contribution in [0, 0.1) is 17.5 Å². The van der Waals surface area contributed by atoms with Crippen molar-refractivity contribution in [2.24, 2.45) is 5.84 Å². The van der Waals surface area contributed by atoms with Gasteiger partial charge in [-0.15, -0.1) is 5.10 Å². The lowest BCUT2D eigenvalue weighted by atomic mass is 10.1. The lowest BCUT2D eigenvalue weighted by molar-refractivity contribution is 0.0949. The van der Waals surface area contributed by atoms with Crippen molar-refractivity contribution in [3.63, 3.8) is 0 Å². The van der Waals surface area contributed by atoms with Crippen molar-refractivity contribution in [2.75, 3.05) is 0 Å². The van der Waals surface area contributed by atoms with Crippen LogP contribution in [0.2, 0.25) is 0 Å². The Morgan fingerprint density at radius 3 is 2.46 bits per heavy atom. The number of nitrogen functional groups attached to an aromatic ring is 1. The van der Waals surface area contributed by atoms with Crippen LogP contribution in [0.4, 0.5) is 13.2 Å². The van der Waals surface area contributed by atoms with Gasteiger partial charge in [0.05, 0.1) is 5.69 Å². The minimum Gasteiger partial charge on any atom is -0.289 e. The number of nitrogens with zero attached hydrogens (tertiary/aromatic N) is 3. The van der Waals surface area contributed by atoms with Crippen molar-refractivity contribution >= 4 is 5.91 Å². The first kappa shape index (κ1) is 15.7. The van der Waals surface area contributed by atoms with E-state index in [4.69, 9.17) is 5.84 Å². The normalized spacial score (nSPS) is 10.7. The summed E-state index contributed by atoms with van der Waals surface area (Å²) in [6.45, 7) is 0. The molecule has 3 N–H and O–H groups in total. The molecule has 0 atom stereocenters. The van der Waals surface area contributed by atoms with Crippen molar-refractivity contribution in [1.82, 2.24) is 20.4 Å². The number of hydrogen-bond acceptors (Lipinski definition) is 4. The SMILES string of the molecule is NNC(=O)c1nnn(-c2ccc(F)cc2)c1-c1cccc(F)c1F. The topological polar surface area (TPSA) is 85.8 Å². The van der Waals surface area contributed by atoms with Crippen LogP contribution in [0.3, 0.4) is 0 Å². The van der Waals surface area contributed by atoms with E-state index in [0.717, 1.165) is 22.9 Å². The maximum Gasteiger partial charge on any atom is 0.288 e. The monoisotopic (exact) mass is 333 g/mol. The molecule has 0 fully saturated rings. The van der Waals surface area contributed by atoms with Crippen molar-refractivity contribution < 1.29 is 18.0 Å². The van der Waals surface area contributed by atoms with Gasteiger partial charge >= 0.3 is 0 Å². The second-order valence-corrected chi connectivity index (χ2v) is 4.75. The van der Waals surface area contributed by atoms with E-state index in [1.807, 2.05) is 5.43 Å². The molecule has 1 aromatic heterocycles. The molecule has 0 spiro atoms. The molecule has 0 saturated carbocycles. The first-order valence-corrected chi connectivity index (χ1v) is 6.70. The molecule has 0 bridgehead atoms. The van der Waals surface area contributed by atoms with Gasteiger partial charge in [-0.2, -0.15) is 0 Å². The summed E-state index contributed by atoms with van der Waals surface area (Å²) in [5.74, 6) is 1.50. The van der Waals surface area contributed by atoms with Gasteiger partial charge in [-0.3, -0.25) is 10.2 Å². The van der Waals surface area contributed by atoms with Crippen LogP contribution >= 0.6 is 0 Å². The lowest BCUT2D eigenvalue weighted by Crippen LogP contribution is -2.30. The molecule has 1 amide bonds. The van der Waals surface area contributed by atoms with E-state index in [1.54, 1.807) is 0 Å². The fraction of sp³-hybridized carbons (Fsp3) is 0. The number of hydrazine groups is 1. The summed E-state index contributed by atoms with van der Waals surface area (Å²) in [4.78, 5) is 11.9. The Hall–Kier alpha value is -3.20. The third-order valence-corrected chi connectivity index (χ3v) is 3.29. The Balaban J connectivity index is 2.28. The van der Waals surface area contributed by atoms with Gasteiger partial charge in [0, 0.05) is 5.56 Å². The predicted molar refractivity (Wildman–Crippen MR) is 78.3 cm³/mol. The highest BCUT2D eigenvalue weighted by molar-refractivity contribution is 5.98. The van der Waals surface area contributed by atoms with Crippen molar-refractivity contribution in [1.29, 1.82) is 0 Å². The number of carbonyl (C=O) groups excluding carboxylic acids is 1. The Bertz CT molecular complexity index is 908. The molecule has 1 heterocycles. The van der Waals surface area contributed by atoms with Gasteiger partial charge < -0.3 is 0 Å². The maximum absolute atomic E-state index is 14.2. The van der Waals surface area contributed by atoms with E-state index >= 15 is 0 Å². The zero-order valence-corrected chi connectivity index (χ0v) is 12.0. The lowest BCUT2D eigenvalue weighted by Gasteiger charge is -2.09. The number of amides is 1. The second-order valence-electron chi connectivity index (χ2n) is 4.75. The Kier molecular flexibility index (Phi) is 4.00.